The molecule has 1 saturated heterocycles. The van der Waals surface area contributed by atoms with Crippen molar-refractivity contribution in [1.82, 2.24) is 9.88 Å². The van der Waals surface area contributed by atoms with Crippen molar-refractivity contribution in [1.29, 1.82) is 0 Å². The largest absolute Gasteiger partial charge is 0.332 e. The van der Waals surface area contributed by atoms with E-state index in [9.17, 15) is 4.79 Å². The Morgan fingerprint density at radius 1 is 1.56 bits per heavy atom. The molecule has 1 aliphatic heterocycles. The van der Waals surface area contributed by atoms with Crippen LogP contribution in [0.5, 0.6) is 0 Å². The summed E-state index contributed by atoms with van der Waals surface area (Å²) in [5, 5.41) is 0. The van der Waals surface area contributed by atoms with Crippen LogP contribution in [0.2, 0.25) is 0 Å². The molecule has 0 spiro atoms. The fraction of sp³-hybridized carbons (Fsp3) is 0.500. The molecule has 6 heteroatoms. The molecule has 2 atom stereocenters. The van der Waals surface area contributed by atoms with Gasteiger partial charge in [0, 0.05) is 34.1 Å². The number of amides is 1. The van der Waals surface area contributed by atoms with E-state index in [2.05, 4.69) is 43.8 Å². The zero-order valence-electron chi connectivity index (χ0n) is 10.1. The van der Waals surface area contributed by atoms with Gasteiger partial charge in [0.1, 0.15) is 0 Å². The van der Waals surface area contributed by atoms with Crippen LogP contribution in [-0.4, -0.2) is 28.4 Å². The molecule has 1 aromatic rings. The first-order chi connectivity index (χ1) is 8.54. The van der Waals surface area contributed by atoms with Gasteiger partial charge in [0.05, 0.1) is 11.7 Å². The molecule has 1 amide bonds. The molecule has 2 unspecified atom stereocenters. The van der Waals surface area contributed by atoms with Crippen molar-refractivity contribution < 1.29 is 4.79 Å². The van der Waals surface area contributed by atoms with Gasteiger partial charge in [-0.05, 0) is 44.3 Å². The van der Waals surface area contributed by atoms with E-state index in [4.69, 9.17) is 5.73 Å². The fourth-order valence-electron chi connectivity index (χ4n) is 2.31. The number of carbonyl (C=O) groups excluding carboxylic acids is 1. The van der Waals surface area contributed by atoms with Crippen LogP contribution in [0.25, 0.3) is 0 Å². The van der Waals surface area contributed by atoms with Crippen LogP contribution < -0.4 is 5.73 Å². The highest BCUT2D eigenvalue weighted by Crippen LogP contribution is 2.35. The maximum absolute atomic E-state index is 11.9. The molecule has 2 rings (SSSR count). The molecular formula is C12H15Br2N3O. The molecule has 1 fully saturated rings. The third kappa shape index (κ3) is 2.60. The first-order valence-corrected chi connectivity index (χ1v) is 7.49. The maximum Gasteiger partial charge on any atom is 0.224 e. The van der Waals surface area contributed by atoms with Crippen LogP contribution in [0.1, 0.15) is 31.5 Å². The molecule has 4 nitrogen and oxygen atoms in total. The highest BCUT2D eigenvalue weighted by molar-refractivity contribution is 9.11. The Morgan fingerprint density at radius 2 is 2.28 bits per heavy atom. The number of nitrogens with two attached hydrogens (primary N) is 1. The van der Waals surface area contributed by atoms with Crippen LogP contribution in [0.4, 0.5) is 0 Å². The van der Waals surface area contributed by atoms with Gasteiger partial charge in [-0.25, -0.2) is 0 Å². The quantitative estimate of drug-likeness (QED) is 0.881. The molecule has 1 aliphatic rings. The molecule has 0 radical (unpaired) electrons. The molecule has 0 aromatic carbocycles. The number of aromatic nitrogens is 1. The predicted molar refractivity (Wildman–Crippen MR) is 77.0 cm³/mol. The number of hydrogen-bond acceptors (Lipinski definition) is 3. The zero-order chi connectivity index (χ0) is 13.3. The lowest BCUT2D eigenvalue weighted by Crippen LogP contribution is -2.34. The summed E-state index contributed by atoms with van der Waals surface area (Å²) in [5.74, 6) is 0.117. The number of likely N-dealkylation sites (tertiary alicyclic amines) is 1. The first-order valence-electron chi connectivity index (χ1n) is 5.90. The summed E-state index contributed by atoms with van der Waals surface area (Å²) in [6.07, 6.45) is 3.05. The van der Waals surface area contributed by atoms with E-state index >= 15 is 0 Å². The molecule has 0 saturated carbocycles. The molecular weight excluding hydrogens is 362 g/mol. The van der Waals surface area contributed by atoms with Gasteiger partial charge >= 0.3 is 0 Å². The predicted octanol–water partition coefficient (Wildman–Crippen LogP) is 2.62. The van der Waals surface area contributed by atoms with Crippen LogP contribution in [0.3, 0.4) is 0 Å². The van der Waals surface area contributed by atoms with Crippen molar-refractivity contribution in [2.45, 2.75) is 31.8 Å². The van der Waals surface area contributed by atoms with Gasteiger partial charge in [0.2, 0.25) is 5.91 Å². The zero-order valence-corrected chi connectivity index (χ0v) is 13.2. The number of halogens is 2. The van der Waals surface area contributed by atoms with Gasteiger partial charge in [-0.1, -0.05) is 6.92 Å². The molecule has 2 N–H and O–H groups in total. The number of rotatable bonds is 3. The second-order valence-corrected chi connectivity index (χ2v) is 6.19. The van der Waals surface area contributed by atoms with E-state index < -0.39 is 0 Å². The smallest absolute Gasteiger partial charge is 0.224 e. The third-order valence-electron chi connectivity index (χ3n) is 3.05. The van der Waals surface area contributed by atoms with Gasteiger partial charge in [-0.3, -0.25) is 9.78 Å². The fourth-order valence-corrected chi connectivity index (χ4v) is 3.54. The summed E-state index contributed by atoms with van der Waals surface area (Å²) in [5.41, 5.74) is 6.93. The van der Waals surface area contributed by atoms with Crippen LogP contribution in [0, 0.1) is 0 Å². The minimum absolute atomic E-state index is 0.117. The minimum Gasteiger partial charge on any atom is -0.332 e. The van der Waals surface area contributed by atoms with Crippen molar-refractivity contribution in [3.8, 4) is 0 Å². The summed E-state index contributed by atoms with van der Waals surface area (Å²) < 4.78 is 1.78. The molecule has 1 aromatic heterocycles. The van der Waals surface area contributed by atoms with Crippen LogP contribution >= 0.6 is 31.9 Å². The Labute approximate surface area is 123 Å². The maximum atomic E-state index is 11.9. The number of pyridine rings is 1. The third-order valence-corrected chi connectivity index (χ3v) is 4.12. The number of carbonyl (C=O) groups is 1. The summed E-state index contributed by atoms with van der Waals surface area (Å²) in [6, 6.07) is 1.62. The lowest BCUT2D eigenvalue weighted by molar-refractivity contribution is -0.129. The standard InChI is InChI=1S/C12H15Br2N3O/c1-2-3-17-10(18)5-9(15)12(17)11-8(14)4-7(13)6-16-11/h4,6,9,12H,2-3,5,15H2,1H3. The molecule has 2 heterocycles. The number of hydrogen-bond donors (Lipinski definition) is 1. The average Bonchev–Trinajstić information content (AvgIpc) is 2.56. The molecule has 18 heavy (non-hydrogen) atoms. The van der Waals surface area contributed by atoms with Crippen molar-refractivity contribution >= 4 is 37.8 Å². The highest BCUT2D eigenvalue weighted by atomic mass is 79.9. The molecule has 0 bridgehead atoms. The van der Waals surface area contributed by atoms with E-state index in [0.29, 0.717) is 6.42 Å². The first kappa shape index (κ1) is 14.0. The Bertz CT molecular complexity index is 467. The molecule has 0 aliphatic carbocycles. The van der Waals surface area contributed by atoms with E-state index in [1.54, 1.807) is 6.20 Å². The SMILES string of the molecule is CCCN1C(=O)CC(N)C1c1ncc(Br)cc1Br. The second kappa shape index (κ2) is 5.67. The van der Waals surface area contributed by atoms with E-state index in [-0.39, 0.29) is 18.0 Å². The van der Waals surface area contributed by atoms with Gasteiger partial charge in [0.25, 0.3) is 0 Å². The lowest BCUT2D eigenvalue weighted by Gasteiger charge is -2.26. The summed E-state index contributed by atoms with van der Waals surface area (Å²) in [7, 11) is 0. The van der Waals surface area contributed by atoms with Crippen molar-refractivity contribution in [3.05, 3.63) is 26.9 Å². The van der Waals surface area contributed by atoms with Gasteiger partial charge < -0.3 is 10.6 Å². The average molecular weight is 377 g/mol. The van der Waals surface area contributed by atoms with Crippen LogP contribution in [0.15, 0.2) is 21.2 Å². The van der Waals surface area contributed by atoms with Crippen molar-refractivity contribution in [2.24, 2.45) is 5.73 Å². The lowest BCUT2D eigenvalue weighted by atomic mass is 10.1. The topological polar surface area (TPSA) is 59.2 Å². The van der Waals surface area contributed by atoms with Gasteiger partial charge in [-0.15, -0.1) is 0 Å². The Hall–Kier alpha value is -0.460. The van der Waals surface area contributed by atoms with Crippen molar-refractivity contribution in [3.63, 3.8) is 0 Å². The Balaban J connectivity index is 2.37. The molecule has 98 valence electrons. The second-order valence-electron chi connectivity index (χ2n) is 4.42. The van der Waals surface area contributed by atoms with Gasteiger partial charge in [-0.2, -0.15) is 0 Å². The normalized spacial score (nSPS) is 23.8. The van der Waals surface area contributed by atoms with Gasteiger partial charge in [0.15, 0.2) is 0 Å². The minimum atomic E-state index is -0.186. The van der Waals surface area contributed by atoms with Crippen LogP contribution in [-0.2, 0) is 4.79 Å². The van der Waals surface area contributed by atoms with Crippen molar-refractivity contribution in [2.75, 3.05) is 6.54 Å². The monoisotopic (exact) mass is 375 g/mol. The Morgan fingerprint density at radius 3 is 2.89 bits per heavy atom. The summed E-state index contributed by atoms with van der Waals surface area (Å²) >= 11 is 6.87. The Kier molecular flexibility index (Phi) is 4.40. The van der Waals surface area contributed by atoms with E-state index in [0.717, 1.165) is 27.6 Å². The number of nitrogens with zero attached hydrogens (tertiary/aromatic N) is 2. The summed E-state index contributed by atoms with van der Waals surface area (Å²) in [6.45, 7) is 2.78. The van der Waals surface area contributed by atoms with E-state index in [1.165, 1.54) is 0 Å². The summed E-state index contributed by atoms with van der Waals surface area (Å²) in [4.78, 5) is 18.2. The van der Waals surface area contributed by atoms with E-state index in [1.807, 2.05) is 11.0 Å². The highest BCUT2D eigenvalue weighted by Gasteiger charge is 2.39.